The SMILES string of the molecule is CCOC(=O)C12C3NC4C(C(=O)OCC)(C5NC1C3(C(=O)OCC)C(c1ccccc1)C45C(=O)OCC)C2c1ccccc1. The van der Waals surface area contributed by atoms with Crippen molar-refractivity contribution in [3.63, 3.8) is 0 Å². The van der Waals surface area contributed by atoms with Gasteiger partial charge in [-0.2, -0.15) is 0 Å². The molecule has 0 radical (unpaired) electrons. The average Bonchev–Trinajstić information content (AvgIpc) is 3.00. The standard InChI is InChI=1S/C34H38N2O8/c1-5-41-27(37)31-21(19-15-11-9-12-16-19)32(28(38)42-6-2)25-34(30(40)44-8-4)22(20-17-13-10-14-18-20)33(23(31)35-25,29(39)43-7-3)24(31)36-26(32)34/h9-18,21-26,35-36H,5-8H2,1-4H3. The van der Waals surface area contributed by atoms with Gasteiger partial charge >= 0.3 is 23.9 Å². The molecule has 6 fully saturated rings. The second-order valence-electron chi connectivity index (χ2n) is 12.4. The lowest BCUT2D eigenvalue weighted by atomic mass is 9.16. The van der Waals surface area contributed by atoms with Crippen LogP contribution in [0, 0.1) is 21.7 Å². The molecule has 2 N–H and O–H groups in total. The predicted molar refractivity (Wildman–Crippen MR) is 156 cm³/mol. The molecule has 0 unspecified atom stereocenters. The summed E-state index contributed by atoms with van der Waals surface area (Å²) in [5, 5.41) is 7.18. The van der Waals surface area contributed by atoms with Crippen molar-refractivity contribution in [2.75, 3.05) is 26.4 Å². The van der Waals surface area contributed by atoms with Crippen molar-refractivity contribution in [2.45, 2.75) is 63.7 Å². The highest BCUT2D eigenvalue weighted by atomic mass is 16.6. The van der Waals surface area contributed by atoms with Crippen LogP contribution in [0.1, 0.15) is 50.7 Å². The molecule has 8 bridgehead atoms. The summed E-state index contributed by atoms with van der Waals surface area (Å²) in [5.41, 5.74) is -4.07. The van der Waals surface area contributed by atoms with Crippen LogP contribution in [0.4, 0.5) is 0 Å². The second kappa shape index (κ2) is 9.87. The molecule has 0 aromatic heterocycles. The number of esters is 4. The van der Waals surface area contributed by atoms with Gasteiger partial charge in [-0.1, -0.05) is 60.7 Å². The maximum Gasteiger partial charge on any atom is 0.316 e. The Kier molecular flexibility index (Phi) is 6.50. The molecule has 4 saturated heterocycles. The third kappa shape index (κ3) is 2.86. The lowest BCUT2D eigenvalue weighted by Gasteiger charge is -2.91. The van der Waals surface area contributed by atoms with Crippen molar-refractivity contribution in [3.8, 4) is 0 Å². The number of nitrogens with one attached hydrogen (secondary N) is 2. The van der Waals surface area contributed by atoms with Crippen LogP contribution < -0.4 is 10.6 Å². The zero-order valence-corrected chi connectivity index (χ0v) is 25.3. The molecule has 8 rings (SSSR count). The van der Waals surface area contributed by atoms with E-state index in [1.165, 1.54) is 0 Å². The van der Waals surface area contributed by atoms with E-state index in [-0.39, 0.29) is 26.4 Å². The summed E-state index contributed by atoms with van der Waals surface area (Å²) in [6, 6.07) is 15.5. The molecule has 2 aliphatic carbocycles. The topological polar surface area (TPSA) is 129 Å². The summed E-state index contributed by atoms with van der Waals surface area (Å²) in [6.45, 7) is 7.41. The molecule has 0 atom stereocenters. The molecule has 0 amide bonds. The number of ether oxygens (including phenoxy) is 4. The molecular weight excluding hydrogens is 564 g/mol. The summed E-state index contributed by atoms with van der Waals surface area (Å²) in [5.74, 6) is -3.55. The predicted octanol–water partition coefficient (Wildman–Crippen LogP) is 2.47. The summed E-state index contributed by atoms with van der Waals surface area (Å²) in [4.78, 5) is 58.2. The lowest BCUT2D eigenvalue weighted by molar-refractivity contribution is -0.367. The van der Waals surface area contributed by atoms with Gasteiger partial charge in [-0.15, -0.1) is 0 Å². The van der Waals surface area contributed by atoms with Gasteiger partial charge in [0.2, 0.25) is 0 Å². The number of benzene rings is 2. The van der Waals surface area contributed by atoms with Crippen molar-refractivity contribution in [3.05, 3.63) is 71.8 Å². The molecule has 0 spiro atoms. The zero-order chi connectivity index (χ0) is 31.1. The number of carbonyl (C=O) groups excluding carboxylic acids is 4. The molecule has 2 aromatic carbocycles. The first kappa shape index (κ1) is 29.0. The summed E-state index contributed by atoms with van der Waals surface area (Å²) < 4.78 is 23.3. The number of hydrogen-bond donors (Lipinski definition) is 2. The van der Waals surface area contributed by atoms with E-state index in [2.05, 4.69) is 10.6 Å². The van der Waals surface area contributed by atoms with E-state index >= 15 is 0 Å². The van der Waals surface area contributed by atoms with Crippen molar-refractivity contribution < 1.29 is 38.1 Å². The van der Waals surface area contributed by atoms with Gasteiger partial charge in [-0.3, -0.25) is 19.2 Å². The molecule has 2 aromatic rings. The molecule has 232 valence electrons. The number of piperidine rings is 4. The fourth-order valence-corrected chi connectivity index (χ4v) is 10.4. The van der Waals surface area contributed by atoms with Gasteiger partial charge in [0.05, 0.1) is 26.4 Å². The van der Waals surface area contributed by atoms with Crippen LogP contribution in [0.15, 0.2) is 60.7 Å². The van der Waals surface area contributed by atoms with Gasteiger partial charge in [0.25, 0.3) is 0 Å². The van der Waals surface area contributed by atoms with Crippen LogP contribution in [0.5, 0.6) is 0 Å². The maximum absolute atomic E-state index is 14.5. The van der Waals surface area contributed by atoms with E-state index in [0.29, 0.717) is 0 Å². The van der Waals surface area contributed by atoms with E-state index in [0.717, 1.165) is 11.1 Å². The highest BCUT2D eigenvalue weighted by Crippen LogP contribution is 2.88. The van der Waals surface area contributed by atoms with Crippen molar-refractivity contribution in [1.29, 1.82) is 0 Å². The van der Waals surface area contributed by atoms with Crippen LogP contribution in [-0.2, 0) is 38.1 Å². The van der Waals surface area contributed by atoms with Crippen molar-refractivity contribution >= 4 is 23.9 Å². The Morgan fingerprint density at radius 3 is 0.977 bits per heavy atom. The Bertz CT molecular complexity index is 1310. The van der Waals surface area contributed by atoms with Gasteiger partial charge < -0.3 is 29.6 Å². The normalized spacial score (nSPS) is 39.8. The van der Waals surface area contributed by atoms with Crippen LogP contribution in [-0.4, -0.2) is 74.5 Å². The highest BCUT2D eigenvalue weighted by Gasteiger charge is 3.03. The van der Waals surface area contributed by atoms with E-state index in [4.69, 9.17) is 18.9 Å². The highest BCUT2D eigenvalue weighted by molar-refractivity contribution is 6.02. The molecule has 10 heteroatoms. The Morgan fingerprint density at radius 2 is 0.750 bits per heavy atom. The Labute approximate surface area is 256 Å². The van der Waals surface area contributed by atoms with Crippen LogP contribution in [0.2, 0.25) is 0 Å². The van der Waals surface area contributed by atoms with Gasteiger partial charge in [0, 0.05) is 36.0 Å². The smallest absolute Gasteiger partial charge is 0.316 e. The zero-order valence-electron chi connectivity index (χ0n) is 25.3. The van der Waals surface area contributed by atoms with Gasteiger partial charge in [0.15, 0.2) is 0 Å². The minimum absolute atomic E-state index is 0.113. The number of carbonyl (C=O) groups is 4. The molecule has 4 aliphatic heterocycles. The Morgan fingerprint density at radius 1 is 0.500 bits per heavy atom. The molecule has 44 heavy (non-hydrogen) atoms. The van der Waals surface area contributed by atoms with Crippen molar-refractivity contribution in [1.82, 2.24) is 10.6 Å². The third-order valence-electron chi connectivity index (χ3n) is 11.2. The van der Waals surface area contributed by atoms with Gasteiger partial charge in [-0.05, 0) is 38.8 Å². The van der Waals surface area contributed by atoms with E-state index < -0.39 is 81.5 Å². The van der Waals surface area contributed by atoms with Crippen molar-refractivity contribution in [2.24, 2.45) is 21.7 Å². The second-order valence-corrected chi connectivity index (χ2v) is 12.4. The first-order chi connectivity index (χ1) is 21.3. The van der Waals surface area contributed by atoms with E-state index in [1.807, 2.05) is 60.7 Å². The first-order valence-electron chi connectivity index (χ1n) is 15.6. The molecule has 6 aliphatic rings. The Balaban J connectivity index is 1.60. The van der Waals surface area contributed by atoms with E-state index in [1.54, 1.807) is 27.7 Å². The monoisotopic (exact) mass is 602 g/mol. The van der Waals surface area contributed by atoms with E-state index in [9.17, 15) is 19.2 Å². The van der Waals surface area contributed by atoms with Crippen LogP contribution in [0.25, 0.3) is 0 Å². The number of hydrogen-bond acceptors (Lipinski definition) is 10. The van der Waals surface area contributed by atoms with Crippen LogP contribution in [0.3, 0.4) is 0 Å². The molecule has 10 nitrogen and oxygen atoms in total. The largest absolute Gasteiger partial charge is 0.465 e. The number of rotatable bonds is 10. The molecule has 2 saturated carbocycles. The minimum atomic E-state index is -1.39. The van der Waals surface area contributed by atoms with Gasteiger partial charge in [-0.25, -0.2) is 0 Å². The summed E-state index contributed by atoms with van der Waals surface area (Å²) in [7, 11) is 0. The fraction of sp³-hybridized carbons (Fsp3) is 0.529. The summed E-state index contributed by atoms with van der Waals surface area (Å²) >= 11 is 0. The first-order valence-corrected chi connectivity index (χ1v) is 15.6. The fourth-order valence-electron chi connectivity index (χ4n) is 10.4. The lowest BCUT2D eigenvalue weighted by Crippen LogP contribution is -3.09. The molecular formula is C34H38N2O8. The third-order valence-corrected chi connectivity index (χ3v) is 11.2. The average molecular weight is 603 g/mol. The minimum Gasteiger partial charge on any atom is -0.465 e. The maximum atomic E-state index is 14.5. The molecule has 4 heterocycles. The quantitative estimate of drug-likeness (QED) is 0.309. The Hall–Kier alpha value is -3.76. The van der Waals surface area contributed by atoms with Gasteiger partial charge in [0.1, 0.15) is 21.7 Å². The summed E-state index contributed by atoms with van der Waals surface area (Å²) in [6.07, 6.45) is 0. The van der Waals surface area contributed by atoms with Crippen LogP contribution >= 0.6 is 0 Å².